The molecule has 2 amide bonds. The third kappa shape index (κ3) is 3.69. The zero-order valence-electron chi connectivity index (χ0n) is 16.2. The van der Waals surface area contributed by atoms with Crippen molar-refractivity contribution in [3.63, 3.8) is 0 Å². The number of rotatable bonds is 3. The SMILES string of the molecule is Cc1[nH]n(-c2ccc(F)cc2)c(=O)c1C=NC(=O)Nc1sc2c(c1C#N)CCCC2. The molecule has 30 heavy (non-hydrogen) atoms. The van der Waals surface area contributed by atoms with Crippen molar-refractivity contribution in [2.24, 2.45) is 4.99 Å². The Morgan fingerprint density at radius 3 is 2.80 bits per heavy atom. The molecule has 0 fully saturated rings. The van der Waals surface area contributed by atoms with Crippen LogP contribution >= 0.6 is 11.3 Å². The number of anilines is 1. The lowest BCUT2D eigenvalue weighted by atomic mass is 9.96. The van der Waals surface area contributed by atoms with Gasteiger partial charge < -0.3 is 0 Å². The Hall–Kier alpha value is -3.51. The van der Waals surface area contributed by atoms with Gasteiger partial charge in [-0.3, -0.25) is 15.2 Å². The summed E-state index contributed by atoms with van der Waals surface area (Å²) in [5.41, 5.74) is 2.34. The first kappa shape index (κ1) is 19.8. The number of halogens is 1. The Bertz CT molecular complexity index is 1240. The average molecular weight is 423 g/mol. The van der Waals surface area contributed by atoms with Gasteiger partial charge in [0.25, 0.3) is 5.56 Å². The van der Waals surface area contributed by atoms with Gasteiger partial charge in [-0.1, -0.05) is 0 Å². The molecule has 1 aliphatic carbocycles. The van der Waals surface area contributed by atoms with Crippen molar-refractivity contribution >= 4 is 28.6 Å². The van der Waals surface area contributed by atoms with E-state index < -0.39 is 17.4 Å². The number of aromatic amines is 1. The minimum Gasteiger partial charge on any atom is -0.296 e. The third-order valence-corrected chi connectivity index (χ3v) is 6.22. The van der Waals surface area contributed by atoms with Gasteiger partial charge in [-0.15, -0.1) is 11.3 Å². The van der Waals surface area contributed by atoms with E-state index in [9.17, 15) is 19.2 Å². The van der Waals surface area contributed by atoms with Crippen LogP contribution in [0.25, 0.3) is 5.69 Å². The van der Waals surface area contributed by atoms with E-state index in [0.717, 1.165) is 36.1 Å². The van der Waals surface area contributed by atoms with E-state index in [1.807, 2.05) is 0 Å². The number of nitriles is 1. The third-order valence-electron chi connectivity index (χ3n) is 5.02. The summed E-state index contributed by atoms with van der Waals surface area (Å²) in [6.45, 7) is 1.68. The van der Waals surface area contributed by atoms with Gasteiger partial charge in [0.15, 0.2) is 0 Å². The molecule has 1 aliphatic rings. The normalized spacial score (nSPS) is 13.2. The fourth-order valence-electron chi connectivity index (χ4n) is 3.51. The van der Waals surface area contributed by atoms with Crippen LogP contribution in [0.5, 0.6) is 0 Å². The highest BCUT2D eigenvalue weighted by Crippen LogP contribution is 2.37. The molecule has 0 radical (unpaired) electrons. The summed E-state index contributed by atoms with van der Waals surface area (Å²) in [6, 6.07) is 6.99. The lowest BCUT2D eigenvalue weighted by Gasteiger charge is -2.09. The fourth-order valence-corrected chi connectivity index (χ4v) is 4.74. The van der Waals surface area contributed by atoms with Crippen molar-refractivity contribution in [2.75, 3.05) is 5.32 Å². The molecule has 4 rings (SSSR count). The summed E-state index contributed by atoms with van der Waals surface area (Å²) >= 11 is 1.41. The van der Waals surface area contributed by atoms with E-state index in [0.29, 0.717) is 21.9 Å². The molecule has 0 bridgehead atoms. The van der Waals surface area contributed by atoms with Gasteiger partial charge in [-0.25, -0.2) is 18.9 Å². The Morgan fingerprint density at radius 2 is 2.07 bits per heavy atom. The molecule has 2 N–H and O–H groups in total. The Balaban J connectivity index is 1.56. The molecular formula is C21H18FN5O2S. The molecule has 7 nitrogen and oxygen atoms in total. The minimum atomic E-state index is -0.654. The van der Waals surface area contributed by atoms with E-state index in [2.05, 4.69) is 21.5 Å². The van der Waals surface area contributed by atoms with Crippen molar-refractivity contribution in [2.45, 2.75) is 32.6 Å². The van der Waals surface area contributed by atoms with Crippen molar-refractivity contribution in [1.29, 1.82) is 5.26 Å². The fraction of sp³-hybridized carbons (Fsp3) is 0.238. The Kier molecular flexibility index (Phi) is 5.33. The van der Waals surface area contributed by atoms with Crippen molar-refractivity contribution in [3.05, 3.63) is 67.7 Å². The second-order valence-electron chi connectivity index (χ2n) is 6.98. The van der Waals surface area contributed by atoms with Crippen molar-refractivity contribution < 1.29 is 9.18 Å². The van der Waals surface area contributed by atoms with E-state index >= 15 is 0 Å². The molecule has 0 unspecified atom stereocenters. The monoisotopic (exact) mass is 423 g/mol. The van der Waals surface area contributed by atoms with Gasteiger partial charge in [-0.05, 0) is 62.4 Å². The van der Waals surface area contributed by atoms with E-state index in [1.54, 1.807) is 6.92 Å². The molecule has 3 aromatic rings. The minimum absolute atomic E-state index is 0.223. The van der Waals surface area contributed by atoms with Crippen LogP contribution in [0.4, 0.5) is 14.2 Å². The highest BCUT2D eigenvalue weighted by Gasteiger charge is 2.21. The lowest BCUT2D eigenvalue weighted by molar-refractivity contribution is 0.260. The molecule has 0 atom stereocenters. The maximum absolute atomic E-state index is 13.1. The summed E-state index contributed by atoms with van der Waals surface area (Å²) in [5, 5.41) is 15.5. The number of fused-ring (bicyclic) bond motifs is 1. The van der Waals surface area contributed by atoms with Gasteiger partial charge in [-0.2, -0.15) is 5.26 Å². The molecule has 9 heteroatoms. The smallest absolute Gasteiger partial charge is 0.296 e. The first-order valence-corrected chi connectivity index (χ1v) is 10.3. The number of hydrogen-bond acceptors (Lipinski definition) is 4. The molecule has 2 heterocycles. The Labute approximate surface area is 175 Å². The average Bonchev–Trinajstić information content (AvgIpc) is 3.23. The van der Waals surface area contributed by atoms with Crippen LogP contribution in [0.3, 0.4) is 0 Å². The number of carbonyl (C=O) groups excluding carboxylic acids is 1. The molecular weight excluding hydrogens is 405 g/mol. The van der Waals surface area contributed by atoms with E-state index in [-0.39, 0.29) is 5.56 Å². The number of urea groups is 1. The standard InChI is InChI=1S/C21H18FN5O2S/c1-12-17(20(28)27(26-12)14-8-6-13(22)7-9-14)11-24-21(29)25-19-16(10-23)15-4-2-3-5-18(15)30-19/h6-9,11,26H,2-5H2,1H3,(H,25,29). The molecule has 2 aromatic heterocycles. The van der Waals surface area contributed by atoms with Gasteiger partial charge in [0.05, 0.1) is 16.8 Å². The molecule has 1 aromatic carbocycles. The topological polar surface area (TPSA) is 103 Å². The predicted octanol–water partition coefficient (Wildman–Crippen LogP) is 4.08. The second kappa shape index (κ2) is 8.08. The number of benzene rings is 1. The van der Waals surface area contributed by atoms with E-state index in [1.165, 1.54) is 46.5 Å². The van der Waals surface area contributed by atoms with Gasteiger partial charge in [0.2, 0.25) is 0 Å². The van der Waals surface area contributed by atoms with Crippen LogP contribution in [0.15, 0.2) is 34.1 Å². The summed E-state index contributed by atoms with van der Waals surface area (Å²) < 4.78 is 14.4. The van der Waals surface area contributed by atoms with Crippen LogP contribution in [0.2, 0.25) is 0 Å². The molecule has 152 valence electrons. The van der Waals surface area contributed by atoms with Gasteiger partial charge in [0.1, 0.15) is 16.9 Å². The number of aromatic nitrogens is 2. The number of nitrogens with one attached hydrogen (secondary N) is 2. The predicted molar refractivity (Wildman–Crippen MR) is 113 cm³/mol. The van der Waals surface area contributed by atoms with Crippen molar-refractivity contribution in [3.8, 4) is 11.8 Å². The maximum atomic E-state index is 13.1. The number of thiophene rings is 1. The zero-order chi connectivity index (χ0) is 21.3. The van der Waals surface area contributed by atoms with Gasteiger partial charge in [0, 0.05) is 16.8 Å². The largest absolute Gasteiger partial charge is 0.346 e. The van der Waals surface area contributed by atoms with Crippen LogP contribution < -0.4 is 10.9 Å². The first-order chi connectivity index (χ1) is 14.5. The van der Waals surface area contributed by atoms with Crippen LogP contribution in [-0.4, -0.2) is 22.0 Å². The zero-order valence-corrected chi connectivity index (χ0v) is 17.0. The maximum Gasteiger partial charge on any atom is 0.346 e. The number of carbonyl (C=O) groups is 1. The lowest BCUT2D eigenvalue weighted by Crippen LogP contribution is -2.17. The summed E-state index contributed by atoms with van der Waals surface area (Å²) in [4.78, 5) is 30.0. The number of H-pyrrole nitrogens is 1. The molecule has 0 spiro atoms. The second-order valence-corrected chi connectivity index (χ2v) is 8.09. The van der Waals surface area contributed by atoms with Crippen LogP contribution in [0, 0.1) is 24.1 Å². The van der Waals surface area contributed by atoms with Crippen LogP contribution in [0.1, 0.15) is 40.1 Å². The number of aryl methyl sites for hydroxylation is 2. The first-order valence-electron chi connectivity index (χ1n) is 9.45. The molecule has 0 saturated heterocycles. The molecule has 0 aliphatic heterocycles. The van der Waals surface area contributed by atoms with Crippen LogP contribution in [-0.2, 0) is 12.8 Å². The highest BCUT2D eigenvalue weighted by molar-refractivity contribution is 7.16. The highest BCUT2D eigenvalue weighted by atomic mass is 32.1. The number of amides is 2. The van der Waals surface area contributed by atoms with Crippen molar-refractivity contribution in [1.82, 2.24) is 9.78 Å². The summed E-state index contributed by atoms with van der Waals surface area (Å²) in [5.74, 6) is -0.402. The Morgan fingerprint density at radius 1 is 1.33 bits per heavy atom. The number of hydrogen-bond donors (Lipinski definition) is 2. The quantitative estimate of drug-likeness (QED) is 0.621. The van der Waals surface area contributed by atoms with E-state index in [4.69, 9.17) is 0 Å². The molecule has 0 saturated carbocycles. The number of aliphatic imine (C=N–C) groups is 1. The summed E-state index contributed by atoms with van der Waals surface area (Å²) in [7, 11) is 0. The number of nitrogens with zero attached hydrogens (tertiary/aromatic N) is 3. The van der Waals surface area contributed by atoms with Gasteiger partial charge >= 0.3 is 6.03 Å². The summed E-state index contributed by atoms with van der Waals surface area (Å²) in [6.07, 6.45) is 5.08.